The van der Waals surface area contributed by atoms with Crippen molar-refractivity contribution in [3.63, 3.8) is 0 Å². The maximum Gasteiger partial charge on any atom is 0.214 e. The second-order valence-electron chi connectivity index (χ2n) is 5.68. The van der Waals surface area contributed by atoms with E-state index >= 15 is 0 Å². The van der Waals surface area contributed by atoms with E-state index in [9.17, 15) is 8.42 Å². The van der Waals surface area contributed by atoms with Crippen molar-refractivity contribution in [2.75, 3.05) is 45.5 Å². The Kier molecular flexibility index (Phi) is 6.65. The molecule has 2 rings (SSSR count). The summed E-state index contributed by atoms with van der Waals surface area (Å²) in [6.45, 7) is 4.26. The summed E-state index contributed by atoms with van der Waals surface area (Å²) in [5.74, 6) is 0.213. The highest BCUT2D eigenvalue weighted by Gasteiger charge is 2.24. The first-order valence-corrected chi connectivity index (χ1v) is 9.57. The molecule has 124 valence electrons. The standard InChI is InChI=1S/C15H24ClN3O2S/c1-18-8-10-19(11-9-18)22(20,21)12-2-7-17-13-14-3-5-15(16)6-4-14/h3-6,17H,2,7-13H2,1H3. The molecular formula is C15H24ClN3O2S. The van der Waals surface area contributed by atoms with Crippen molar-refractivity contribution >= 4 is 21.6 Å². The SMILES string of the molecule is CN1CCN(S(=O)(=O)CCCNCc2ccc(Cl)cc2)CC1. The summed E-state index contributed by atoms with van der Waals surface area (Å²) >= 11 is 5.83. The third kappa shape index (κ3) is 5.52. The molecule has 1 aromatic carbocycles. The Bertz CT molecular complexity index is 555. The van der Waals surface area contributed by atoms with E-state index < -0.39 is 10.0 Å². The molecule has 22 heavy (non-hydrogen) atoms. The number of hydrogen-bond donors (Lipinski definition) is 1. The Morgan fingerprint density at radius 2 is 1.77 bits per heavy atom. The van der Waals surface area contributed by atoms with Crippen LogP contribution in [0.3, 0.4) is 0 Å². The third-order valence-corrected chi connectivity index (χ3v) is 6.06. The first kappa shape index (κ1) is 17.7. The number of piperazine rings is 1. The minimum absolute atomic E-state index is 0.213. The number of halogens is 1. The fraction of sp³-hybridized carbons (Fsp3) is 0.600. The number of sulfonamides is 1. The first-order valence-electron chi connectivity index (χ1n) is 7.59. The van der Waals surface area contributed by atoms with Crippen LogP contribution in [-0.2, 0) is 16.6 Å². The Morgan fingerprint density at radius 1 is 1.14 bits per heavy atom. The number of nitrogens with zero attached hydrogens (tertiary/aromatic N) is 2. The Hall–Kier alpha value is -0.660. The van der Waals surface area contributed by atoms with Gasteiger partial charge in [0.05, 0.1) is 5.75 Å². The van der Waals surface area contributed by atoms with Gasteiger partial charge in [0.15, 0.2) is 0 Å². The molecule has 1 heterocycles. The van der Waals surface area contributed by atoms with Gasteiger partial charge in [-0.1, -0.05) is 23.7 Å². The molecule has 1 aliphatic rings. The average molecular weight is 346 g/mol. The molecule has 1 N–H and O–H groups in total. The van der Waals surface area contributed by atoms with Crippen molar-refractivity contribution in [2.45, 2.75) is 13.0 Å². The van der Waals surface area contributed by atoms with E-state index in [2.05, 4.69) is 10.2 Å². The Morgan fingerprint density at radius 3 is 2.41 bits per heavy atom. The van der Waals surface area contributed by atoms with Crippen molar-refractivity contribution in [1.82, 2.24) is 14.5 Å². The lowest BCUT2D eigenvalue weighted by molar-refractivity contribution is 0.222. The van der Waals surface area contributed by atoms with E-state index in [1.807, 2.05) is 31.3 Å². The smallest absolute Gasteiger partial charge is 0.214 e. The lowest BCUT2D eigenvalue weighted by Crippen LogP contribution is -2.47. The minimum Gasteiger partial charge on any atom is -0.313 e. The molecule has 0 spiro atoms. The van der Waals surface area contributed by atoms with E-state index in [1.165, 1.54) is 0 Å². The molecule has 1 saturated heterocycles. The molecule has 1 fully saturated rings. The number of hydrogen-bond acceptors (Lipinski definition) is 4. The Balaban J connectivity index is 1.66. The van der Waals surface area contributed by atoms with Crippen LogP contribution in [0, 0.1) is 0 Å². The fourth-order valence-corrected chi connectivity index (χ4v) is 4.02. The largest absolute Gasteiger partial charge is 0.313 e. The van der Waals surface area contributed by atoms with Gasteiger partial charge in [0, 0.05) is 37.7 Å². The normalized spacial score (nSPS) is 17.7. The average Bonchev–Trinajstić information content (AvgIpc) is 2.49. The summed E-state index contributed by atoms with van der Waals surface area (Å²) in [7, 11) is -1.09. The highest BCUT2D eigenvalue weighted by Crippen LogP contribution is 2.10. The summed E-state index contributed by atoms with van der Waals surface area (Å²) in [6, 6.07) is 7.65. The quantitative estimate of drug-likeness (QED) is 0.759. The van der Waals surface area contributed by atoms with Gasteiger partial charge < -0.3 is 10.2 Å². The van der Waals surface area contributed by atoms with Crippen LogP contribution in [0.15, 0.2) is 24.3 Å². The van der Waals surface area contributed by atoms with Crippen LogP contribution in [0.25, 0.3) is 0 Å². The van der Waals surface area contributed by atoms with Gasteiger partial charge in [-0.15, -0.1) is 0 Å². The zero-order chi connectivity index (χ0) is 16.0. The van der Waals surface area contributed by atoms with Crippen molar-refractivity contribution in [1.29, 1.82) is 0 Å². The van der Waals surface area contributed by atoms with Gasteiger partial charge in [-0.05, 0) is 37.7 Å². The summed E-state index contributed by atoms with van der Waals surface area (Å²) in [4.78, 5) is 2.15. The molecule has 0 atom stereocenters. The monoisotopic (exact) mass is 345 g/mol. The van der Waals surface area contributed by atoms with Crippen LogP contribution < -0.4 is 5.32 Å². The topological polar surface area (TPSA) is 52.7 Å². The summed E-state index contributed by atoms with van der Waals surface area (Å²) in [5, 5.41) is 3.99. The second kappa shape index (κ2) is 8.26. The van der Waals surface area contributed by atoms with Crippen molar-refractivity contribution in [2.24, 2.45) is 0 Å². The lowest BCUT2D eigenvalue weighted by Gasteiger charge is -2.31. The number of benzene rings is 1. The summed E-state index contributed by atoms with van der Waals surface area (Å²) in [5.41, 5.74) is 1.14. The predicted octanol–water partition coefficient (Wildman–Crippen LogP) is 1.40. The Labute approximate surface area is 138 Å². The summed E-state index contributed by atoms with van der Waals surface area (Å²) in [6.07, 6.45) is 0.627. The molecule has 5 nitrogen and oxygen atoms in total. The predicted molar refractivity (Wildman–Crippen MR) is 90.6 cm³/mol. The molecule has 0 aromatic heterocycles. The molecule has 1 aliphatic heterocycles. The molecule has 0 amide bonds. The van der Waals surface area contributed by atoms with Gasteiger partial charge in [0.25, 0.3) is 0 Å². The van der Waals surface area contributed by atoms with E-state index in [0.29, 0.717) is 26.1 Å². The highest BCUT2D eigenvalue weighted by molar-refractivity contribution is 7.89. The van der Waals surface area contributed by atoms with Crippen LogP contribution in [0.5, 0.6) is 0 Å². The van der Waals surface area contributed by atoms with Gasteiger partial charge in [-0.25, -0.2) is 8.42 Å². The van der Waals surface area contributed by atoms with Crippen LogP contribution in [-0.4, -0.2) is 63.1 Å². The molecule has 7 heteroatoms. The second-order valence-corrected chi connectivity index (χ2v) is 8.20. The van der Waals surface area contributed by atoms with E-state index in [-0.39, 0.29) is 5.75 Å². The molecule has 0 radical (unpaired) electrons. The van der Waals surface area contributed by atoms with E-state index in [4.69, 9.17) is 11.6 Å². The lowest BCUT2D eigenvalue weighted by atomic mass is 10.2. The maximum atomic E-state index is 12.2. The molecule has 0 bridgehead atoms. The number of rotatable bonds is 7. The van der Waals surface area contributed by atoms with E-state index in [1.54, 1.807) is 4.31 Å². The zero-order valence-corrected chi connectivity index (χ0v) is 14.5. The summed E-state index contributed by atoms with van der Waals surface area (Å²) < 4.78 is 26.1. The van der Waals surface area contributed by atoms with Crippen LogP contribution in [0.1, 0.15) is 12.0 Å². The molecule has 0 saturated carbocycles. The first-order chi connectivity index (χ1) is 10.5. The zero-order valence-electron chi connectivity index (χ0n) is 13.0. The van der Waals surface area contributed by atoms with Crippen LogP contribution in [0.2, 0.25) is 5.02 Å². The van der Waals surface area contributed by atoms with Gasteiger partial charge in [0.1, 0.15) is 0 Å². The number of likely N-dealkylation sites (N-methyl/N-ethyl adjacent to an activating group) is 1. The van der Waals surface area contributed by atoms with Crippen LogP contribution >= 0.6 is 11.6 Å². The molecule has 0 unspecified atom stereocenters. The van der Waals surface area contributed by atoms with Gasteiger partial charge in [-0.3, -0.25) is 0 Å². The fourth-order valence-electron chi connectivity index (χ4n) is 2.41. The van der Waals surface area contributed by atoms with Gasteiger partial charge in [0.2, 0.25) is 10.0 Å². The maximum absolute atomic E-state index is 12.2. The van der Waals surface area contributed by atoms with E-state index in [0.717, 1.165) is 30.2 Å². The number of nitrogens with one attached hydrogen (secondary N) is 1. The van der Waals surface area contributed by atoms with Crippen LogP contribution in [0.4, 0.5) is 0 Å². The highest BCUT2D eigenvalue weighted by atomic mass is 35.5. The minimum atomic E-state index is -3.11. The molecule has 0 aliphatic carbocycles. The molecule has 1 aromatic rings. The van der Waals surface area contributed by atoms with Crippen molar-refractivity contribution < 1.29 is 8.42 Å². The van der Waals surface area contributed by atoms with Crippen molar-refractivity contribution in [3.8, 4) is 0 Å². The molecular weight excluding hydrogens is 322 g/mol. The van der Waals surface area contributed by atoms with Crippen molar-refractivity contribution in [3.05, 3.63) is 34.9 Å². The van der Waals surface area contributed by atoms with Gasteiger partial charge in [-0.2, -0.15) is 4.31 Å². The van der Waals surface area contributed by atoms with Gasteiger partial charge >= 0.3 is 0 Å². The third-order valence-electron chi connectivity index (χ3n) is 3.85.